The van der Waals surface area contributed by atoms with E-state index in [0.717, 1.165) is 0 Å². The van der Waals surface area contributed by atoms with Crippen molar-refractivity contribution in [3.8, 4) is 11.8 Å². The molecule has 0 fully saturated rings. The molecule has 2 aromatic rings. The van der Waals surface area contributed by atoms with Crippen LogP contribution in [0.4, 0.5) is 0 Å². The summed E-state index contributed by atoms with van der Waals surface area (Å²) in [5.41, 5.74) is 0.561. The number of carbonyl (C=O) groups is 1. The van der Waals surface area contributed by atoms with Gasteiger partial charge in [0.15, 0.2) is 5.76 Å². The Balaban J connectivity index is 1.89. The minimum Gasteiger partial charge on any atom is -0.486 e. The predicted molar refractivity (Wildman–Crippen MR) is 82.8 cm³/mol. The predicted octanol–water partition coefficient (Wildman–Crippen LogP) is 2.23. The van der Waals surface area contributed by atoms with Crippen LogP contribution in [0, 0.1) is 11.3 Å². The quantitative estimate of drug-likeness (QED) is 0.817. The van der Waals surface area contributed by atoms with Crippen LogP contribution in [0.1, 0.15) is 35.2 Å². The number of ether oxygens (including phenoxy) is 1. The summed E-state index contributed by atoms with van der Waals surface area (Å²) in [6.07, 6.45) is 0.487. The van der Waals surface area contributed by atoms with Crippen LogP contribution in [-0.4, -0.2) is 23.7 Å². The molecular formula is C17H18N2O4. The number of furan rings is 1. The van der Waals surface area contributed by atoms with Crippen LogP contribution in [0.2, 0.25) is 0 Å². The lowest BCUT2D eigenvalue weighted by molar-refractivity contribution is 0.0902. The molecule has 0 spiro atoms. The summed E-state index contributed by atoms with van der Waals surface area (Å²) in [5, 5.41) is 20.3. The van der Waals surface area contributed by atoms with Crippen molar-refractivity contribution < 1.29 is 19.1 Å². The van der Waals surface area contributed by atoms with E-state index in [1.165, 1.54) is 0 Å². The van der Waals surface area contributed by atoms with Gasteiger partial charge in [-0.05, 0) is 49.7 Å². The van der Waals surface area contributed by atoms with Gasteiger partial charge in [-0.15, -0.1) is 0 Å². The number of aliphatic hydroxyl groups excluding tert-OH is 1. The fourth-order valence-electron chi connectivity index (χ4n) is 1.92. The fraction of sp³-hybridized carbons (Fsp3) is 0.294. The number of rotatable bonds is 7. The summed E-state index contributed by atoms with van der Waals surface area (Å²) >= 11 is 0. The molecule has 0 saturated carbocycles. The van der Waals surface area contributed by atoms with Gasteiger partial charge in [0.25, 0.3) is 5.91 Å². The smallest absolute Gasteiger partial charge is 0.287 e. The van der Waals surface area contributed by atoms with Crippen molar-refractivity contribution in [3.05, 3.63) is 53.5 Å². The lowest BCUT2D eigenvalue weighted by atomic mass is 10.2. The number of aliphatic hydroxyl groups is 1. The number of carbonyl (C=O) groups excluding carboxylic acids is 1. The molecule has 2 N–H and O–H groups in total. The van der Waals surface area contributed by atoms with Gasteiger partial charge in [-0.2, -0.15) is 5.26 Å². The molecule has 0 aliphatic heterocycles. The molecule has 23 heavy (non-hydrogen) atoms. The second-order valence-corrected chi connectivity index (χ2v) is 5.08. The highest BCUT2D eigenvalue weighted by molar-refractivity contribution is 5.91. The van der Waals surface area contributed by atoms with Crippen molar-refractivity contribution in [2.24, 2.45) is 0 Å². The van der Waals surface area contributed by atoms with E-state index in [-0.39, 0.29) is 30.9 Å². The molecule has 120 valence electrons. The van der Waals surface area contributed by atoms with Crippen LogP contribution in [0.15, 0.2) is 40.8 Å². The van der Waals surface area contributed by atoms with Crippen molar-refractivity contribution >= 4 is 5.91 Å². The number of amides is 1. The van der Waals surface area contributed by atoms with E-state index in [1.807, 2.05) is 13.0 Å². The van der Waals surface area contributed by atoms with E-state index in [9.17, 15) is 4.79 Å². The van der Waals surface area contributed by atoms with Gasteiger partial charge in [-0.25, -0.2) is 0 Å². The van der Waals surface area contributed by atoms with Gasteiger partial charge < -0.3 is 19.6 Å². The third kappa shape index (κ3) is 4.87. The zero-order chi connectivity index (χ0) is 16.7. The average Bonchev–Trinajstić information content (AvgIpc) is 3.02. The van der Waals surface area contributed by atoms with Crippen molar-refractivity contribution in [1.82, 2.24) is 5.32 Å². The topological polar surface area (TPSA) is 95.5 Å². The molecule has 1 aromatic carbocycles. The average molecular weight is 314 g/mol. The first-order valence-corrected chi connectivity index (χ1v) is 7.25. The maximum absolute atomic E-state index is 11.9. The van der Waals surface area contributed by atoms with Crippen LogP contribution >= 0.6 is 0 Å². The summed E-state index contributed by atoms with van der Waals surface area (Å²) in [5.74, 6) is 1.01. The molecule has 1 aromatic heterocycles. The summed E-state index contributed by atoms with van der Waals surface area (Å²) < 4.78 is 11.0. The second kappa shape index (κ2) is 8.01. The van der Waals surface area contributed by atoms with Crippen molar-refractivity contribution in [1.29, 1.82) is 5.26 Å². The highest BCUT2D eigenvalue weighted by Gasteiger charge is 2.13. The van der Waals surface area contributed by atoms with Gasteiger partial charge >= 0.3 is 0 Å². The van der Waals surface area contributed by atoms with E-state index in [1.54, 1.807) is 36.4 Å². The third-order valence-electron chi connectivity index (χ3n) is 3.19. The second-order valence-electron chi connectivity index (χ2n) is 5.08. The third-order valence-corrected chi connectivity index (χ3v) is 3.19. The molecule has 0 aliphatic carbocycles. The number of hydrogen-bond acceptors (Lipinski definition) is 5. The van der Waals surface area contributed by atoms with Crippen LogP contribution in [-0.2, 0) is 6.61 Å². The fourth-order valence-corrected chi connectivity index (χ4v) is 1.92. The maximum Gasteiger partial charge on any atom is 0.287 e. The monoisotopic (exact) mass is 314 g/mol. The summed E-state index contributed by atoms with van der Waals surface area (Å²) in [6, 6.07) is 11.9. The molecule has 6 heteroatoms. The van der Waals surface area contributed by atoms with Crippen LogP contribution in [0.25, 0.3) is 0 Å². The summed E-state index contributed by atoms with van der Waals surface area (Å²) in [6.45, 7) is 2.01. The van der Waals surface area contributed by atoms with Crippen molar-refractivity contribution in [2.75, 3.05) is 6.61 Å². The largest absolute Gasteiger partial charge is 0.486 e. The number of nitrogens with zero attached hydrogens (tertiary/aromatic N) is 1. The summed E-state index contributed by atoms with van der Waals surface area (Å²) in [4.78, 5) is 11.9. The Kier molecular flexibility index (Phi) is 5.78. The van der Waals surface area contributed by atoms with Gasteiger partial charge in [-0.1, -0.05) is 0 Å². The molecule has 6 nitrogen and oxygen atoms in total. The maximum atomic E-state index is 11.9. The first-order chi connectivity index (χ1) is 11.1. The molecule has 0 saturated heterocycles. The van der Waals surface area contributed by atoms with Gasteiger partial charge in [-0.3, -0.25) is 4.79 Å². The van der Waals surface area contributed by atoms with Crippen molar-refractivity contribution in [3.63, 3.8) is 0 Å². The normalized spacial score (nSPS) is 11.5. The molecule has 1 unspecified atom stereocenters. The van der Waals surface area contributed by atoms with E-state index in [4.69, 9.17) is 19.5 Å². The molecule has 1 atom stereocenters. The molecular weight excluding hydrogens is 296 g/mol. The molecule has 0 radical (unpaired) electrons. The summed E-state index contributed by atoms with van der Waals surface area (Å²) in [7, 11) is 0. The van der Waals surface area contributed by atoms with E-state index < -0.39 is 0 Å². The van der Waals surface area contributed by atoms with E-state index >= 15 is 0 Å². The molecule has 1 heterocycles. The first-order valence-electron chi connectivity index (χ1n) is 7.25. The van der Waals surface area contributed by atoms with E-state index in [0.29, 0.717) is 23.5 Å². The molecule has 0 aliphatic rings. The zero-order valence-corrected chi connectivity index (χ0v) is 12.8. The van der Waals surface area contributed by atoms with Gasteiger partial charge in [0, 0.05) is 12.6 Å². The number of benzene rings is 1. The van der Waals surface area contributed by atoms with Crippen LogP contribution in [0.5, 0.6) is 5.75 Å². The van der Waals surface area contributed by atoms with Gasteiger partial charge in [0.1, 0.15) is 18.1 Å². The van der Waals surface area contributed by atoms with Gasteiger partial charge in [0.05, 0.1) is 11.6 Å². The number of nitriles is 1. The minimum absolute atomic E-state index is 0.0171. The first kappa shape index (κ1) is 16.6. The lowest BCUT2D eigenvalue weighted by Crippen LogP contribution is -2.32. The van der Waals surface area contributed by atoms with Gasteiger partial charge in [0.2, 0.25) is 0 Å². The Morgan fingerprint density at radius 1 is 1.35 bits per heavy atom. The van der Waals surface area contributed by atoms with Crippen LogP contribution < -0.4 is 10.1 Å². The number of hydrogen-bond donors (Lipinski definition) is 2. The molecule has 2 rings (SSSR count). The van der Waals surface area contributed by atoms with Crippen LogP contribution in [0.3, 0.4) is 0 Å². The SMILES string of the molecule is CC(CCO)NC(=O)c1ccc(COc2ccc(C#N)cc2)o1. The highest BCUT2D eigenvalue weighted by Crippen LogP contribution is 2.15. The Labute approximate surface area is 134 Å². The Bertz CT molecular complexity index is 685. The highest BCUT2D eigenvalue weighted by atomic mass is 16.5. The minimum atomic E-state index is -0.324. The lowest BCUT2D eigenvalue weighted by Gasteiger charge is -2.10. The Hall–Kier alpha value is -2.78. The standard InChI is InChI=1S/C17H18N2O4/c1-12(8-9-20)19-17(21)16-7-6-15(23-16)11-22-14-4-2-13(10-18)3-5-14/h2-7,12,20H,8-9,11H2,1H3,(H,19,21). The molecule has 0 bridgehead atoms. The Morgan fingerprint density at radius 3 is 2.74 bits per heavy atom. The van der Waals surface area contributed by atoms with Crippen molar-refractivity contribution in [2.45, 2.75) is 26.0 Å². The zero-order valence-electron chi connectivity index (χ0n) is 12.8. The number of nitrogens with one attached hydrogen (secondary N) is 1. The Morgan fingerprint density at radius 2 is 2.09 bits per heavy atom. The molecule has 1 amide bonds. The van der Waals surface area contributed by atoms with E-state index in [2.05, 4.69) is 5.32 Å².